The summed E-state index contributed by atoms with van der Waals surface area (Å²) in [6.45, 7) is 2.40. The van der Waals surface area contributed by atoms with Crippen LogP contribution >= 0.6 is 22.9 Å². The molecule has 0 spiro atoms. The van der Waals surface area contributed by atoms with Crippen molar-refractivity contribution in [3.63, 3.8) is 0 Å². The number of hydrogen-bond donors (Lipinski definition) is 2. The van der Waals surface area contributed by atoms with Gasteiger partial charge < -0.3 is 5.32 Å². The maximum Gasteiger partial charge on any atom is 0.265 e. The fourth-order valence-corrected chi connectivity index (χ4v) is 4.91. The standard InChI is InChI=1S/C21H18ClFN4O3S2/c1-12-16-10-19(31-21(16)27(25-12)11-13-3-5-14(22)6-4-13)20(28)24-15-7-8-17(23)18(9-15)26-32(2,29)30/h3-10,26H,11H2,1-2H3,(H,24,28). The van der Waals surface area contributed by atoms with Crippen LogP contribution in [0.25, 0.3) is 10.2 Å². The third kappa shape index (κ3) is 4.93. The number of fused-ring (bicyclic) bond motifs is 1. The number of nitrogens with one attached hydrogen (secondary N) is 2. The van der Waals surface area contributed by atoms with Gasteiger partial charge in [0.2, 0.25) is 10.0 Å². The van der Waals surface area contributed by atoms with Crippen LogP contribution in [0, 0.1) is 12.7 Å². The summed E-state index contributed by atoms with van der Waals surface area (Å²) < 4.78 is 40.6. The molecule has 0 saturated carbocycles. The number of benzene rings is 2. The van der Waals surface area contributed by atoms with Gasteiger partial charge in [0, 0.05) is 16.1 Å². The van der Waals surface area contributed by atoms with Crippen molar-refractivity contribution in [2.24, 2.45) is 0 Å². The van der Waals surface area contributed by atoms with Crippen LogP contribution in [0.5, 0.6) is 0 Å². The molecule has 2 N–H and O–H groups in total. The van der Waals surface area contributed by atoms with Gasteiger partial charge in [-0.2, -0.15) is 5.10 Å². The van der Waals surface area contributed by atoms with Gasteiger partial charge in [0.15, 0.2) is 0 Å². The van der Waals surface area contributed by atoms with E-state index < -0.39 is 15.8 Å². The van der Waals surface area contributed by atoms with Gasteiger partial charge in [-0.3, -0.25) is 14.2 Å². The molecule has 0 fully saturated rings. The van der Waals surface area contributed by atoms with E-state index in [0.29, 0.717) is 16.4 Å². The van der Waals surface area contributed by atoms with E-state index in [1.54, 1.807) is 6.07 Å². The van der Waals surface area contributed by atoms with Crippen LogP contribution in [-0.2, 0) is 16.6 Å². The van der Waals surface area contributed by atoms with E-state index >= 15 is 0 Å². The van der Waals surface area contributed by atoms with E-state index in [-0.39, 0.29) is 17.3 Å². The van der Waals surface area contributed by atoms with E-state index in [4.69, 9.17) is 11.6 Å². The molecule has 166 valence electrons. The molecule has 2 heterocycles. The van der Waals surface area contributed by atoms with Crippen LogP contribution < -0.4 is 10.0 Å². The van der Waals surface area contributed by atoms with Crippen LogP contribution in [0.15, 0.2) is 48.5 Å². The molecule has 32 heavy (non-hydrogen) atoms. The highest BCUT2D eigenvalue weighted by Crippen LogP contribution is 2.30. The van der Waals surface area contributed by atoms with Gasteiger partial charge in [-0.05, 0) is 48.9 Å². The van der Waals surface area contributed by atoms with Gasteiger partial charge in [-0.25, -0.2) is 12.8 Å². The summed E-state index contributed by atoms with van der Waals surface area (Å²) in [5, 5.41) is 8.77. The number of rotatable bonds is 6. The third-order valence-corrected chi connectivity index (χ3v) is 6.59. The molecule has 0 unspecified atom stereocenters. The Morgan fingerprint density at radius 3 is 2.59 bits per heavy atom. The van der Waals surface area contributed by atoms with Crippen LogP contribution in [0.4, 0.5) is 15.8 Å². The second-order valence-corrected chi connectivity index (χ2v) is 10.4. The zero-order valence-corrected chi connectivity index (χ0v) is 19.4. The number of sulfonamides is 1. The first-order valence-corrected chi connectivity index (χ1v) is 12.5. The summed E-state index contributed by atoms with van der Waals surface area (Å²) in [6.07, 6.45) is 0.921. The summed E-state index contributed by atoms with van der Waals surface area (Å²) >= 11 is 7.24. The molecule has 2 aromatic heterocycles. The minimum absolute atomic E-state index is 0.240. The molecule has 0 aliphatic heterocycles. The Morgan fingerprint density at radius 1 is 1.19 bits per heavy atom. The fourth-order valence-electron chi connectivity index (χ4n) is 3.17. The fraction of sp³-hybridized carbons (Fsp3) is 0.143. The van der Waals surface area contributed by atoms with Crippen molar-refractivity contribution in [2.75, 3.05) is 16.3 Å². The predicted molar refractivity (Wildman–Crippen MR) is 126 cm³/mol. The first kappa shape index (κ1) is 22.3. The number of carbonyl (C=O) groups is 1. The van der Waals surface area contributed by atoms with Gasteiger partial charge in [-0.15, -0.1) is 11.3 Å². The molecule has 0 saturated heterocycles. The second-order valence-electron chi connectivity index (χ2n) is 7.22. The smallest absolute Gasteiger partial charge is 0.265 e. The summed E-state index contributed by atoms with van der Waals surface area (Å²) in [7, 11) is -3.66. The SMILES string of the molecule is Cc1nn(Cc2ccc(Cl)cc2)c2sc(C(=O)Nc3ccc(F)c(NS(C)(=O)=O)c3)cc12. The van der Waals surface area contributed by atoms with E-state index in [1.165, 1.54) is 23.5 Å². The summed E-state index contributed by atoms with van der Waals surface area (Å²) in [5.74, 6) is -1.13. The van der Waals surface area contributed by atoms with Gasteiger partial charge in [0.25, 0.3) is 5.91 Å². The molecule has 7 nitrogen and oxygen atoms in total. The van der Waals surface area contributed by atoms with Crippen LogP contribution in [0.3, 0.4) is 0 Å². The second kappa shape index (κ2) is 8.53. The minimum atomic E-state index is -3.66. The Bertz CT molecular complexity index is 1430. The first-order valence-electron chi connectivity index (χ1n) is 9.39. The van der Waals surface area contributed by atoms with Gasteiger partial charge in [0.05, 0.1) is 29.1 Å². The molecule has 4 rings (SSSR count). The van der Waals surface area contributed by atoms with E-state index in [0.717, 1.165) is 33.8 Å². The Labute approximate surface area is 192 Å². The lowest BCUT2D eigenvalue weighted by Gasteiger charge is -2.09. The predicted octanol–water partition coefficient (Wildman–Crippen LogP) is 4.87. The molecule has 11 heteroatoms. The molecule has 0 aliphatic carbocycles. The number of thiophene rings is 1. The van der Waals surface area contributed by atoms with E-state index in [1.807, 2.05) is 35.9 Å². The molecular formula is C21H18ClFN4O3S2. The lowest BCUT2D eigenvalue weighted by atomic mass is 10.2. The molecule has 2 aromatic carbocycles. The van der Waals surface area contributed by atoms with Crippen LogP contribution in [-0.4, -0.2) is 30.4 Å². The molecule has 0 radical (unpaired) electrons. The van der Waals surface area contributed by atoms with Gasteiger partial charge >= 0.3 is 0 Å². The number of halogens is 2. The lowest BCUT2D eigenvalue weighted by molar-refractivity contribution is 0.103. The molecule has 0 aliphatic rings. The van der Waals surface area contributed by atoms with Gasteiger partial charge in [-0.1, -0.05) is 23.7 Å². The molecule has 1 amide bonds. The number of carbonyl (C=O) groups excluding carboxylic acids is 1. The largest absolute Gasteiger partial charge is 0.321 e. The Morgan fingerprint density at radius 2 is 1.91 bits per heavy atom. The number of anilines is 2. The molecular weight excluding hydrogens is 475 g/mol. The zero-order valence-electron chi connectivity index (χ0n) is 17.0. The van der Waals surface area contributed by atoms with Crippen LogP contribution in [0.2, 0.25) is 5.02 Å². The topological polar surface area (TPSA) is 93.1 Å². The minimum Gasteiger partial charge on any atom is -0.321 e. The van der Waals surface area contributed by atoms with E-state index in [2.05, 4.69) is 15.1 Å². The number of amides is 1. The van der Waals surface area contributed by atoms with Crippen LogP contribution in [0.1, 0.15) is 20.9 Å². The third-order valence-electron chi connectivity index (χ3n) is 4.60. The van der Waals surface area contributed by atoms with E-state index in [9.17, 15) is 17.6 Å². The maximum absolute atomic E-state index is 13.9. The zero-order chi connectivity index (χ0) is 23.0. The summed E-state index contributed by atoms with van der Waals surface area (Å²) in [5.41, 5.74) is 1.84. The highest BCUT2D eigenvalue weighted by Gasteiger charge is 2.17. The number of nitrogens with zero attached hydrogens (tertiary/aromatic N) is 2. The van der Waals surface area contributed by atoms with Gasteiger partial charge in [0.1, 0.15) is 10.6 Å². The summed E-state index contributed by atoms with van der Waals surface area (Å²) in [6, 6.07) is 12.9. The monoisotopic (exact) mass is 492 g/mol. The quantitative estimate of drug-likeness (QED) is 0.401. The van der Waals surface area contributed by atoms with Crippen molar-refractivity contribution in [1.29, 1.82) is 0 Å². The average Bonchev–Trinajstić information content (AvgIpc) is 3.27. The average molecular weight is 493 g/mol. The summed E-state index contributed by atoms with van der Waals surface area (Å²) in [4.78, 5) is 14.1. The number of hydrogen-bond acceptors (Lipinski definition) is 5. The van der Waals surface area contributed by atoms with Crippen molar-refractivity contribution < 1.29 is 17.6 Å². The first-order chi connectivity index (χ1) is 15.1. The van der Waals surface area contributed by atoms with Crippen molar-refractivity contribution in [3.05, 3.63) is 75.5 Å². The lowest BCUT2D eigenvalue weighted by Crippen LogP contribution is -2.13. The van der Waals surface area contributed by atoms with Crippen molar-refractivity contribution in [3.8, 4) is 0 Å². The Hall–Kier alpha value is -2.95. The highest BCUT2D eigenvalue weighted by molar-refractivity contribution is 7.92. The Balaban J connectivity index is 1.58. The molecule has 0 bridgehead atoms. The number of aryl methyl sites for hydroxylation is 1. The number of aromatic nitrogens is 2. The van der Waals surface area contributed by atoms with Crippen molar-refractivity contribution >= 4 is 60.5 Å². The Kier molecular flexibility index (Phi) is 5.93. The maximum atomic E-state index is 13.9. The normalized spacial score (nSPS) is 11.6. The highest BCUT2D eigenvalue weighted by atomic mass is 35.5. The van der Waals surface area contributed by atoms with Crippen molar-refractivity contribution in [2.45, 2.75) is 13.5 Å². The molecule has 4 aromatic rings. The molecule has 0 atom stereocenters. The van der Waals surface area contributed by atoms with Crippen molar-refractivity contribution in [1.82, 2.24) is 9.78 Å².